The Hall–Kier alpha value is -1.33. The Kier molecular flexibility index (Phi) is 4.78. The van der Waals surface area contributed by atoms with Crippen molar-refractivity contribution in [2.75, 3.05) is 12.0 Å². The van der Waals surface area contributed by atoms with E-state index in [4.69, 9.17) is 0 Å². The number of rotatable bonds is 5. The van der Waals surface area contributed by atoms with E-state index < -0.39 is 0 Å². The van der Waals surface area contributed by atoms with Gasteiger partial charge in [-0.2, -0.15) is 0 Å². The van der Waals surface area contributed by atoms with E-state index in [1.807, 2.05) is 30.5 Å². The van der Waals surface area contributed by atoms with Gasteiger partial charge < -0.3 is 0 Å². The lowest BCUT2D eigenvalue weighted by Crippen LogP contribution is -2.02. The molecule has 0 saturated heterocycles. The first-order valence-electron chi connectivity index (χ1n) is 5.36. The molecule has 3 nitrogen and oxygen atoms in total. The zero-order chi connectivity index (χ0) is 12.8. The van der Waals surface area contributed by atoms with Gasteiger partial charge in [-0.15, -0.1) is 11.8 Å². The SMILES string of the molecule is CSc1ccc(C(=O)CSc2ncccn2)cc1. The quantitative estimate of drug-likeness (QED) is 0.477. The fourth-order valence-corrected chi connectivity index (χ4v) is 2.46. The predicted molar refractivity (Wildman–Crippen MR) is 75.3 cm³/mol. The maximum atomic E-state index is 11.9. The molecule has 18 heavy (non-hydrogen) atoms. The molecule has 92 valence electrons. The van der Waals surface area contributed by atoms with Crippen LogP contribution in [0.25, 0.3) is 0 Å². The summed E-state index contributed by atoms with van der Waals surface area (Å²) < 4.78 is 0. The van der Waals surface area contributed by atoms with Crippen molar-refractivity contribution < 1.29 is 4.79 Å². The molecule has 5 heteroatoms. The van der Waals surface area contributed by atoms with Gasteiger partial charge in [0.05, 0.1) is 5.75 Å². The van der Waals surface area contributed by atoms with Crippen LogP contribution in [0.1, 0.15) is 10.4 Å². The number of hydrogen-bond acceptors (Lipinski definition) is 5. The topological polar surface area (TPSA) is 42.9 Å². The van der Waals surface area contributed by atoms with Crippen molar-refractivity contribution in [1.82, 2.24) is 9.97 Å². The number of thioether (sulfide) groups is 2. The summed E-state index contributed by atoms with van der Waals surface area (Å²) >= 11 is 3.02. The van der Waals surface area contributed by atoms with Crippen LogP contribution in [0.15, 0.2) is 52.8 Å². The number of benzene rings is 1. The molecule has 1 aromatic carbocycles. The van der Waals surface area contributed by atoms with Crippen molar-refractivity contribution in [3.05, 3.63) is 48.3 Å². The number of aromatic nitrogens is 2. The minimum Gasteiger partial charge on any atom is -0.293 e. The highest BCUT2D eigenvalue weighted by molar-refractivity contribution is 7.99. The average molecular weight is 276 g/mol. The molecule has 0 spiro atoms. The van der Waals surface area contributed by atoms with Crippen molar-refractivity contribution in [3.8, 4) is 0 Å². The molecule has 0 aliphatic carbocycles. The molecular weight excluding hydrogens is 264 g/mol. The summed E-state index contributed by atoms with van der Waals surface area (Å²) in [5.41, 5.74) is 0.733. The molecule has 0 radical (unpaired) electrons. The maximum absolute atomic E-state index is 11.9. The van der Waals surface area contributed by atoms with E-state index in [0.29, 0.717) is 10.9 Å². The second kappa shape index (κ2) is 6.56. The van der Waals surface area contributed by atoms with E-state index in [-0.39, 0.29) is 5.78 Å². The summed E-state index contributed by atoms with van der Waals surface area (Å²) in [5.74, 6) is 0.461. The highest BCUT2D eigenvalue weighted by atomic mass is 32.2. The lowest BCUT2D eigenvalue weighted by atomic mass is 10.1. The first kappa shape index (κ1) is 13.1. The van der Waals surface area contributed by atoms with Crippen LogP contribution in [-0.2, 0) is 0 Å². The second-order valence-electron chi connectivity index (χ2n) is 3.47. The Labute approximate surface area is 114 Å². The highest BCUT2D eigenvalue weighted by Gasteiger charge is 2.07. The van der Waals surface area contributed by atoms with Crippen LogP contribution in [0.2, 0.25) is 0 Å². The largest absolute Gasteiger partial charge is 0.293 e. The van der Waals surface area contributed by atoms with Crippen molar-refractivity contribution in [2.24, 2.45) is 0 Å². The number of carbonyl (C=O) groups excluding carboxylic acids is 1. The molecule has 0 saturated carbocycles. The molecule has 0 aliphatic heterocycles. The van der Waals surface area contributed by atoms with Crippen LogP contribution in [0, 0.1) is 0 Å². The van der Waals surface area contributed by atoms with E-state index in [0.717, 1.165) is 10.5 Å². The first-order valence-corrected chi connectivity index (χ1v) is 7.57. The van der Waals surface area contributed by atoms with E-state index in [9.17, 15) is 4.79 Å². The third kappa shape index (κ3) is 3.58. The molecule has 0 atom stereocenters. The van der Waals surface area contributed by atoms with Crippen molar-refractivity contribution in [2.45, 2.75) is 10.1 Å². The number of ketones is 1. The van der Waals surface area contributed by atoms with Crippen molar-refractivity contribution >= 4 is 29.3 Å². The summed E-state index contributed by atoms with van der Waals surface area (Å²) in [7, 11) is 0. The third-order valence-electron chi connectivity index (χ3n) is 2.29. The first-order chi connectivity index (χ1) is 8.79. The number of hydrogen-bond donors (Lipinski definition) is 0. The van der Waals surface area contributed by atoms with Crippen molar-refractivity contribution in [3.63, 3.8) is 0 Å². The fourth-order valence-electron chi connectivity index (χ4n) is 1.35. The average Bonchev–Trinajstić information content (AvgIpc) is 2.46. The Bertz CT molecular complexity index is 514. The van der Waals surface area contributed by atoms with E-state index in [1.54, 1.807) is 30.2 Å². The summed E-state index contributed by atoms with van der Waals surface area (Å²) in [6.45, 7) is 0. The number of nitrogens with zero attached hydrogens (tertiary/aromatic N) is 2. The van der Waals surface area contributed by atoms with Gasteiger partial charge in [-0.1, -0.05) is 23.9 Å². The normalized spacial score (nSPS) is 10.3. The molecule has 0 N–H and O–H groups in total. The molecule has 1 heterocycles. The second-order valence-corrected chi connectivity index (χ2v) is 5.29. The fraction of sp³-hybridized carbons (Fsp3) is 0.154. The smallest absolute Gasteiger partial charge is 0.187 e. The van der Waals surface area contributed by atoms with Gasteiger partial charge in [-0.05, 0) is 24.5 Å². The maximum Gasteiger partial charge on any atom is 0.187 e. The Morgan fingerprint density at radius 2 is 1.83 bits per heavy atom. The van der Waals surface area contributed by atoms with Crippen LogP contribution in [0.4, 0.5) is 0 Å². The molecule has 0 bridgehead atoms. The zero-order valence-corrected chi connectivity index (χ0v) is 11.5. The van der Waals surface area contributed by atoms with Gasteiger partial charge >= 0.3 is 0 Å². The van der Waals surface area contributed by atoms with Gasteiger partial charge in [0.15, 0.2) is 10.9 Å². The third-order valence-corrected chi connectivity index (χ3v) is 3.91. The summed E-state index contributed by atoms with van der Waals surface area (Å²) in [5, 5.41) is 0.631. The predicted octanol–water partition coefficient (Wildman–Crippen LogP) is 3.17. The number of carbonyl (C=O) groups is 1. The molecule has 2 rings (SSSR count). The van der Waals surface area contributed by atoms with Crippen LogP contribution in [-0.4, -0.2) is 27.8 Å². The van der Waals surface area contributed by atoms with Crippen LogP contribution < -0.4 is 0 Å². The number of Topliss-reactive ketones (excluding diaryl/α,β-unsaturated/α-hetero) is 1. The molecule has 1 aromatic heterocycles. The summed E-state index contributed by atoms with van der Waals surface area (Å²) in [6.07, 6.45) is 5.36. The molecular formula is C13H12N2OS2. The molecule has 0 unspecified atom stereocenters. The van der Waals surface area contributed by atoms with E-state index >= 15 is 0 Å². The van der Waals surface area contributed by atoms with Gasteiger partial charge in [0.2, 0.25) is 0 Å². The molecule has 2 aromatic rings. The molecule has 0 amide bonds. The van der Waals surface area contributed by atoms with Gasteiger partial charge in [0, 0.05) is 22.9 Å². The van der Waals surface area contributed by atoms with Crippen molar-refractivity contribution in [1.29, 1.82) is 0 Å². The summed E-state index contributed by atoms with van der Waals surface area (Å²) in [4.78, 5) is 21.2. The summed E-state index contributed by atoms with van der Waals surface area (Å²) in [6, 6.07) is 9.40. The van der Waals surface area contributed by atoms with Gasteiger partial charge in [-0.3, -0.25) is 4.79 Å². The zero-order valence-electron chi connectivity index (χ0n) is 9.87. The highest BCUT2D eigenvalue weighted by Crippen LogP contribution is 2.17. The Morgan fingerprint density at radius 1 is 1.17 bits per heavy atom. The van der Waals surface area contributed by atoms with Gasteiger partial charge in [0.1, 0.15) is 0 Å². The lowest BCUT2D eigenvalue weighted by molar-refractivity contribution is 0.102. The van der Waals surface area contributed by atoms with E-state index in [2.05, 4.69) is 9.97 Å². The lowest BCUT2D eigenvalue weighted by Gasteiger charge is -2.01. The molecule has 0 aliphatic rings. The van der Waals surface area contributed by atoms with Crippen LogP contribution >= 0.6 is 23.5 Å². The minimum atomic E-state index is 0.0973. The van der Waals surface area contributed by atoms with Crippen LogP contribution in [0.5, 0.6) is 0 Å². The Morgan fingerprint density at radius 3 is 2.44 bits per heavy atom. The van der Waals surface area contributed by atoms with E-state index in [1.165, 1.54) is 11.8 Å². The standard InChI is InChI=1S/C13H12N2OS2/c1-17-11-5-3-10(4-6-11)12(16)9-18-13-14-7-2-8-15-13/h2-8H,9H2,1H3. The monoisotopic (exact) mass is 276 g/mol. The van der Waals surface area contributed by atoms with Gasteiger partial charge in [0.25, 0.3) is 0 Å². The van der Waals surface area contributed by atoms with Gasteiger partial charge in [-0.25, -0.2) is 9.97 Å². The molecule has 0 fully saturated rings. The van der Waals surface area contributed by atoms with Crippen LogP contribution in [0.3, 0.4) is 0 Å². The minimum absolute atomic E-state index is 0.0973. The Balaban J connectivity index is 1.95.